The molecule has 2 rings (SSSR count). The number of hydrogen-bond acceptors (Lipinski definition) is 6. The van der Waals surface area contributed by atoms with Gasteiger partial charge in [0.2, 0.25) is 0 Å². The van der Waals surface area contributed by atoms with Crippen LogP contribution in [0.2, 0.25) is 0 Å². The van der Waals surface area contributed by atoms with E-state index in [2.05, 4.69) is 15.6 Å². The second kappa shape index (κ2) is 14.8. The molecule has 11 nitrogen and oxygen atoms in total. The van der Waals surface area contributed by atoms with Crippen molar-refractivity contribution >= 4 is 35.8 Å². The average Bonchev–Trinajstić information content (AvgIpc) is 2.84. The van der Waals surface area contributed by atoms with E-state index in [-0.39, 0.29) is 36.9 Å². The molecule has 0 aliphatic carbocycles. The molecule has 0 radical (unpaired) electrons. The number of nitrogens with one attached hydrogen (secondary N) is 3. The number of hydrogen-bond donors (Lipinski definition) is 5. The summed E-state index contributed by atoms with van der Waals surface area (Å²) >= 11 is 1.10. The lowest BCUT2D eigenvalue weighted by molar-refractivity contribution is -0.466. The SMILES string of the molecule is CC(C)(C)OC(=O)NCCNC(=O)c1cccc(Sn2cc(C(O)=[NH+]CCCCCC(=O)O)ccc2=O)c1. The van der Waals surface area contributed by atoms with Gasteiger partial charge in [-0.25, -0.2) is 9.79 Å². The Bertz CT molecular complexity index is 1200. The van der Waals surface area contributed by atoms with Gasteiger partial charge >= 0.3 is 18.0 Å². The van der Waals surface area contributed by atoms with Crippen molar-refractivity contribution in [3.63, 3.8) is 0 Å². The summed E-state index contributed by atoms with van der Waals surface area (Å²) in [5.74, 6) is -1.25. The van der Waals surface area contributed by atoms with Gasteiger partial charge in [-0.05, 0) is 69.8 Å². The maximum atomic E-state index is 12.5. The molecule has 206 valence electrons. The summed E-state index contributed by atoms with van der Waals surface area (Å²) in [5.41, 5.74) is -0.113. The number of ether oxygens (including phenoxy) is 1. The number of benzene rings is 1. The molecule has 2 amide bonds. The normalized spacial score (nSPS) is 11.6. The lowest BCUT2D eigenvalue weighted by Crippen LogP contribution is -2.73. The molecule has 1 heterocycles. The second-order valence-corrected chi connectivity index (χ2v) is 10.4. The molecule has 0 atom stereocenters. The summed E-state index contributed by atoms with van der Waals surface area (Å²) in [6, 6.07) is 9.56. The Kier molecular flexibility index (Phi) is 11.9. The highest BCUT2D eigenvalue weighted by atomic mass is 32.2. The van der Waals surface area contributed by atoms with Gasteiger partial charge in [0.15, 0.2) is 0 Å². The van der Waals surface area contributed by atoms with Crippen LogP contribution < -0.4 is 21.2 Å². The van der Waals surface area contributed by atoms with Crippen LogP contribution in [0.1, 0.15) is 62.4 Å². The number of aliphatic carboxylic acids is 1. The van der Waals surface area contributed by atoms with Crippen molar-refractivity contribution in [2.24, 2.45) is 0 Å². The number of carbonyl (C=O) groups excluding carboxylic acids is 2. The van der Waals surface area contributed by atoms with E-state index in [1.807, 2.05) is 0 Å². The molecule has 2 aromatic rings. The van der Waals surface area contributed by atoms with Crippen LogP contribution in [0, 0.1) is 0 Å². The van der Waals surface area contributed by atoms with Gasteiger partial charge < -0.3 is 25.6 Å². The number of pyridine rings is 1. The number of aliphatic hydroxyl groups excluding tert-OH is 1. The Balaban J connectivity index is 1.93. The summed E-state index contributed by atoms with van der Waals surface area (Å²) in [5, 5.41) is 24.3. The van der Waals surface area contributed by atoms with Gasteiger partial charge in [0.1, 0.15) is 17.7 Å². The third kappa shape index (κ3) is 11.5. The zero-order valence-corrected chi connectivity index (χ0v) is 22.6. The smallest absolute Gasteiger partial charge is 0.407 e. The van der Waals surface area contributed by atoms with Crippen LogP contribution in [0.3, 0.4) is 0 Å². The van der Waals surface area contributed by atoms with Crippen LogP contribution in [0.5, 0.6) is 0 Å². The van der Waals surface area contributed by atoms with Crippen LogP contribution in [0.15, 0.2) is 52.3 Å². The first-order valence-electron chi connectivity index (χ1n) is 12.2. The minimum atomic E-state index is -0.828. The number of unbranched alkanes of at least 4 members (excludes halogenated alkanes) is 2. The van der Waals surface area contributed by atoms with Gasteiger partial charge in [-0.15, -0.1) is 0 Å². The molecule has 0 bridgehead atoms. The quantitative estimate of drug-likeness (QED) is 0.144. The van der Waals surface area contributed by atoms with Gasteiger partial charge in [0, 0.05) is 48.7 Å². The van der Waals surface area contributed by atoms with E-state index >= 15 is 0 Å². The van der Waals surface area contributed by atoms with E-state index in [1.165, 1.54) is 22.3 Å². The summed E-state index contributed by atoms with van der Waals surface area (Å²) in [7, 11) is 0. The van der Waals surface area contributed by atoms with Crippen LogP contribution in [-0.2, 0) is 9.53 Å². The van der Waals surface area contributed by atoms with Crippen molar-refractivity contribution < 1.29 is 34.3 Å². The molecule has 0 saturated heterocycles. The first kappa shape index (κ1) is 30.4. The number of carboxylic acids is 1. The molecule has 12 heteroatoms. The highest BCUT2D eigenvalue weighted by Gasteiger charge is 2.16. The second-order valence-electron chi connectivity index (χ2n) is 9.37. The van der Waals surface area contributed by atoms with Gasteiger partial charge in [-0.2, -0.15) is 0 Å². The molecule has 38 heavy (non-hydrogen) atoms. The zero-order valence-electron chi connectivity index (χ0n) is 21.8. The van der Waals surface area contributed by atoms with E-state index in [9.17, 15) is 24.3 Å². The fraction of sp³-hybridized carbons (Fsp3) is 0.423. The molecule has 0 aliphatic heterocycles. The van der Waals surface area contributed by atoms with E-state index < -0.39 is 17.7 Å². The molecule has 0 unspecified atom stereocenters. The van der Waals surface area contributed by atoms with Crippen LogP contribution >= 0.6 is 11.9 Å². The summed E-state index contributed by atoms with van der Waals surface area (Å²) < 4.78 is 6.49. The minimum absolute atomic E-state index is 0.0919. The number of rotatable bonds is 13. The Morgan fingerprint density at radius 3 is 2.45 bits per heavy atom. The van der Waals surface area contributed by atoms with Crippen LogP contribution in [0.25, 0.3) is 0 Å². The standard InChI is InChI=1S/C26H34N4O7S/c1-26(2,3)37-25(36)29-15-14-28-23(34)18-8-7-9-20(16-18)38-30-17-19(11-12-21(30)31)24(35)27-13-6-4-5-10-22(32)33/h7-9,11-12,16-17H,4-6,10,13-15H2,1-3H3,(H,27,35)(H,28,34)(H,29,36)(H,32,33)/p+1. The Hall–Kier alpha value is -3.80. The molecule has 5 N–H and O–H groups in total. The van der Waals surface area contributed by atoms with Crippen molar-refractivity contribution in [3.8, 4) is 0 Å². The Morgan fingerprint density at radius 1 is 1.00 bits per heavy atom. The lowest BCUT2D eigenvalue weighted by Gasteiger charge is -2.19. The zero-order chi connectivity index (χ0) is 28.1. The number of amides is 2. The highest BCUT2D eigenvalue weighted by molar-refractivity contribution is 7.97. The van der Waals surface area contributed by atoms with Crippen molar-refractivity contribution in [1.82, 2.24) is 14.6 Å². The van der Waals surface area contributed by atoms with Crippen molar-refractivity contribution in [2.45, 2.75) is 57.0 Å². The highest BCUT2D eigenvalue weighted by Crippen LogP contribution is 2.20. The van der Waals surface area contributed by atoms with E-state index in [1.54, 1.807) is 45.0 Å². The van der Waals surface area contributed by atoms with E-state index in [0.717, 1.165) is 11.9 Å². The van der Waals surface area contributed by atoms with Crippen LogP contribution in [-0.4, -0.2) is 63.3 Å². The van der Waals surface area contributed by atoms with Gasteiger partial charge in [-0.1, -0.05) is 6.07 Å². The topological polar surface area (TPSA) is 161 Å². The van der Waals surface area contributed by atoms with Crippen molar-refractivity contribution in [2.75, 3.05) is 19.6 Å². The largest absolute Gasteiger partial charge is 0.481 e. The third-order valence-electron chi connectivity index (χ3n) is 4.89. The molecule has 0 aliphatic rings. The van der Waals surface area contributed by atoms with E-state index in [0.29, 0.717) is 41.8 Å². The van der Waals surface area contributed by atoms with Gasteiger partial charge in [-0.3, -0.25) is 18.4 Å². The number of alkyl carbamates (subject to hydrolysis) is 1. The minimum Gasteiger partial charge on any atom is -0.481 e. The van der Waals surface area contributed by atoms with Crippen molar-refractivity contribution in [3.05, 3.63) is 64.1 Å². The first-order chi connectivity index (χ1) is 17.9. The number of aliphatic hydroxyl groups is 1. The summed E-state index contributed by atoms with van der Waals surface area (Å²) in [6.07, 6.45) is 3.02. The number of aromatic nitrogens is 1. The first-order valence-corrected chi connectivity index (χ1v) is 13.0. The summed E-state index contributed by atoms with van der Waals surface area (Å²) in [4.78, 5) is 50.6. The van der Waals surface area contributed by atoms with Crippen molar-refractivity contribution in [1.29, 1.82) is 0 Å². The molecule has 0 saturated carbocycles. The predicted molar refractivity (Wildman–Crippen MR) is 144 cm³/mol. The maximum Gasteiger partial charge on any atom is 0.407 e. The third-order valence-corrected chi connectivity index (χ3v) is 5.84. The number of carbonyl (C=O) groups is 3. The predicted octanol–water partition coefficient (Wildman–Crippen LogP) is 1.69. The lowest BCUT2D eigenvalue weighted by atomic mass is 10.2. The monoisotopic (exact) mass is 547 g/mol. The maximum absolute atomic E-state index is 12.5. The molecule has 0 fully saturated rings. The number of carboxylic acid groups (broad SMARTS) is 1. The van der Waals surface area contributed by atoms with Gasteiger partial charge in [0.05, 0.1) is 0 Å². The fourth-order valence-corrected chi connectivity index (χ4v) is 3.99. The Morgan fingerprint density at radius 2 is 1.74 bits per heavy atom. The average molecular weight is 548 g/mol. The molecule has 0 spiro atoms. The number of nitrogens with zero attached hydrogens (tertiary/aromatic N) is 1. The fourth-order valence-electron chi connectivity index (χ4n) is 3.13. The van der Waals surface area contributed by atoms with Crippen LogP contribution in [0.4, 0.5) is 4.79 Å². The molecule has 1 aromatic carbocycles. The molecular weight excluding hydrogens is 512 g/mol. The summed E-state index contributed by atoms with van der Waals surface area (Å²) in [6.45, 7) is 6.15. The molecular formula is C26H35N4O7S+. The Labute approximate surface area is 225 Å². The van der Waals surface area contributed by atoms with E-state index in [4.69, 9.17) is 9.84 Å². The molecule has 1 aromatic heterocycles. The van der Waals surface area contributed by atoms with Gasteiger partial charge in [0.25, 0.3) is 11.5 Å².